The Bertz CT molecular complexity index is 1050. The highest BCUT2D eigenvalue weighted by atomic mass is 32.2. The van der Waals surface area contributed by atoms with Crippen LogP contribution in [0.15, 0.2) is 65.7 Å². The Morgan fingerprint density at radius 2 is 2.00 bits per heavy atom. The van der Waals surface area contributed by atoms with Crippen LogP contribution in [0.5, 0.6) is 0 Å². The minimum absolute atomic E-state index is 0.130. The number of hydrogen-bond donors (Lipinski definition) is 1. The molecule has 0 aliphatic carbocycles. The number of nitrogens with one attached hydrogen (secondary N) is 1. The number of amides is 1. The molecule has 7 nitrogen and oxygen atoms in total. The second-order valence-electron chi connectivity index (χ2n) is 5.95. The molecule has 0 bridgehead atoms. The summed E-state index contributed by atoms with van der Waals surface area (Å²) in [6, 6.07) is 12.1. The predicted octanol–water partition coefficient (Wildman–Crippen LogP) is 3.81. The molecule has 0 aliphatic heterocycles. The lowest BCUT2D eigenvalue weighted by Crippen LogP contribution is -2.15. The summed E-state index contributed by atoms with van der Waals surface area (Å²) in [5, 5.41) is 14.0. The van der Waals surface area contributed by atoms with E-state index in [0.717, 1.165) is 17.7 Å². The maximum Gasteiger partial charge on any atom is 0.236 e. The molecule has 142 valence electrons. The second kappa shape index (κ2) is 8.41. The molecule has 9 heteroatoms. The number of benzene rings is 1. The van der Waals surface area contributed by atoms with E-state index in [4.69, 9.17) is 0 Å². The fraction of sp³-hybridized carbons (Fsp3) is 0.158. The van der Waals surface area contributed by atoms with Gasteiger partial charge in [-0.05, 0) is 24.1 Å². The van der Waals surface area contributed by atoms with Crippen molar-refractivity contribution in [3.8, 4) is 11.3 Å². The molecule has 4 aromatic rings. The molecular weight excluding hydrogens is 392 g/mol. The first-order chi connectivity index (χ1) is 13.7. The summed E-state index contributed by atoms with van der Waals surface area (Å²) >= 11 is 2.74. The van der Waals surface area contributed by atoms with E-state index in [0.29, 0.717) is 10.3 Å². The molecule has 1 N–H and O–H groups in total. The van der Waals surface area contributed by atoms with Crippen LogP contribution in [0.1, 0.15) is 12.5 Å². The maximum atomic E-state index is 12.3. The molecular formula is C19H18N6OS2. The molecule has 0 aliphatic rings. The van der Waals surface area contributed by atoms with Crippen molar-refractivity contribution in [3.05, 3.63) is 66.1 Å². The lowest BCUT2D eigenvalue weighted by atomic mass is 10.1. The van der Waals surface area contributed by atoms with Gasteiger partial charge in [-0.15, -0.1) is 21.5 Å². The SMILES string of the molecule is CCc1ccc(-c2csc(NC(=O)CSc3nncn3-n3cccc3)n2)cc1. The summed E-state index contributed by atoms with van der Waals surface area (Å²) in [5.74, 6) is 0.0920. The summed E-state index contributed by atoms with van der Waals surface area (Å²) in [6.45, 7) is 2.13. The summed E-state index contributed by atoms with van der Waals surface area (Å²) < 4.78 is 3.62. The fourth-order valence-corrected chi connectivity index (χ4v) is 4.05. The van der Waals surface area contributed by atoms with Gasteiger partial charge in [0.25, 0.3) is 0 Å². The summed E-state index contributed by atoms with van der Waals surface area (Å²) in [4.78, 5) is 16.8. The third-order valence-electron chi connectivity index (χ3n) is 4.08. The Labute approximate surface area is 170 Å². The van der Waals surface area contributed by atoms with Crippen LogP contribution in [0, 0.1) is 0 Å². The molecule has 0 saturated heterocycles. The molecule has 0 fully saturated rings. The predicted molar refractivity (Wildman–Crippen MR) is 112 cm³/mol. The van der Waals surface area contributed by atoms with Crippen LogP contribution in [-0.2, 0) is 11.2 Å². The second-order valence-corrected chi connectivity index (χ2v) is 7.75. The molecule has 0 unspecified atom stereocenters. The van der Waals surface area contributed by atoms with Gasteiger partial charge in [0.2, 0.25) is 11.1 Å². The zero-order chi connectivity index (χ0) is 19.3. The quantitative estimate of drug-likeness (QED) is 0.469. The third kappa shape index (κ3) is 4.15. The van der Waals surface area contributed by atoms with E-state index in [9.17, 15) is 4.79 Å². The topological polar surface area (TPSA) is 77.6 Å². The van der Waals surface area contributed by atoms with Gasteiger partial charge in [0.1, 0.15) is 6.33 Å². The van der Waals surface area contributed by atoms with E-state index in [-0.39, 0.29) is 11.7 Å². The summed E-state index contributed by atoms with van der Waals surface area (Å²) in [7, 11) is 0. The Balaban J connectivity index is 1.36. The molecule has 0 radical (unpaired) electrons. The van der Waals surface area contributed by atoms with Gasteiger partial charge in [0.15, 0.2) is 5.13 Å². The van der Waals surface area contributed by atoms with Crippen LogP contribution < -0.4 is 5.32 Å². The van der Waals surface area contributed by atoms with E-state index in [1.165, 1.54) is 28.7 Å². The molecule has 0 saturated carbocycles. The largest absolute Gasteiger partial charge is 0.301 e. The standard InChI is InChI=1S/C19H18N6OS2/c1-2-14-5-7-15(8-6-14)16-11-27-18(21-16)22-17(26)12-28-19-23-20-13-25(19)24-9-3-4-10-24/h3-11,13H,2,12H2,1H3,(H,21,22,26). The van der Waals surface area contributed by atoms with Crippen molar-refractivity contribution in [3.63, 3.8) is 0 Å². The van der Waals surface area contributed by atoms with Crippen molar-refractivity contribution in [2.75, 3.05) is 11.1 Å². The number of nitrogens with zero attached hydrogens (tertiary/aromatic N) is 5. The van der Waals surface area contributed by atoms with Crippen LogP contribution in [0.25, 0.3) is 11.3 Å². The monoisotopic (exact) mass is 410 g/mol. The van der Waals surface area contributed by atoms with E-state index in [1.807, 2.05) is 34.6 Å². The molecule has 28 heavy (non-hydrogen) atoms. The van der Waals surface area contributed by atoms with Gasteiger partial charge >= 0.3 is 0 Å². The van der Waals surface area contributed by atoms with E-state index in [1.54, 1.807) is 11.0 Å². The molecule has 3 aromatic heterocycles. The smallest absolute Gasteiger partial charge is 0.236 e. The number of aryl methyl sites for hydroxylation is 1. The number of thiazole rings is 1. The van der Waals surface area contributed by atoms with Crippen LogP contribution in [-0.4, -0.2) is 36.2 Å². The number of rotatable bonds is 7. The molecule has 0 atom stereocenters. The fourth-order valence-electron chi connectivity index (χ4n) is 2.60. The maximum absolute atomic E-state index is 12.3. The highest BCUT2D eigenvalue weighted by Gasteiger charge is 2.12. The van der Waals surface area contributed by atoms with Crippen molar-refractivity contribution in [2.24, 2.45) is 0 Å². The number of aromatic nitrogens is 5. The van der Waals surface area contributed by atoms with Crippen molar-refractivity contribution in [1.82, 2.24) is 24.5 Å². The van der Waals surface area contributed by atoms with Crippen LogP contribution in [0.2, 0.25) is 0 Å². The van der Waals surface area contributed by atoms with Gasteiger partial charge in [-0.1, -0.05) is 43.0 Å². The van der Waals surface area contributed by atoms with Crippen molar-refractivity contribution in [2.45, 2.75) is 18.5 Å². The van der Waals surface area contributed by atoms with Crippen LogP contribution in [0.4, 0.5) is 5.13 Å². The number of carbonyl (C=O) groups is 1. The minimum atomic E-state index is -0.130. The van der Waals surface area contributed by atoms with Gasteiger partial charge in [0.05, 0.1) is 11.4 Å². The number of hydrogen-bond acceptors (Lipinski definition) is 6. The van der Waals surface area contributed by atoms with E-state index >= 15 is 0 Å². The van der Waals surface area contributed by atoms with Gasteiger partial charge in [-0.2, -0.15) is 0 Å². The Hall–Kier alpha value is -2.91. The van der Waals surface area contributed by atoms with Crippen molar-refractivity contribution < 1.29 is 4.79 Å². The van der Waals surface area contributed by atoms with Gasteiger partial charge < -0.3 is 5.32 Å². The summed E-state index contributed by atoms with van der Waals surface area (Å²) in [5.41, 5.74) is 3.20. The molecule has 0 spiro atoms. The Kier molecular flexibility index (Phi) is 5.54. The van der Waals surface area contributed by atoms with Gasteiger partial charge in [-0.3, -0.25) is 9.47 Å². The highest BCUT2D eigenvalue weighted by molar-refractivity contribution is 7.99. The van der Waals surface area contributed by atoms with E-state index in [2.05, 4.69) is 51.7 Å². The lowest BCUT2D eigenvalue weighted by Gasteiger charge is -2.06. The number of anilines is 1. The first-order valence-corrected chi connectivity index (χ1v) is 10.6. The number of carbonyl (C=O) groups excluding carboxylic acids is 1. The molecule has 1 amide bonds. The van der Waals surface area contributed by atoms with Crippen molar-refractivity contribution in [1.29, 1.82) is 0 Å². The average molecular weight is 411 g/mol. The van der Waals surface area contributed by atoms with Gasteiger partial charge in [0, 0.05) is 23.3 Å². The van der Waals surface area contributed by atoms with Crippen LogP contribution >= 0.6 is 23.1 Å². The highest BCUT2D eigenvalue weighted by Crippen LogP contribution is 2.25. The Morgan fingerprint density at radius 3 is 2.75 bits per heavy atom. The van der Waals surface area contributed by atoms with Gasteiger partial charge in [-0.25, -0.2) is 9.66 Å². The van der Waals surface area contributed by atoms with E-state index < -0.39 is 0 Å². The zero-order valence-electron chi connectivity index (χ0n) is 15.1. The first kappa shape index (κ1) is 18.5. The average Bonchev–Trinajstić information content (AvgIpc) is 3.47. The van der Waals surface area contributed by atoms with Crippen molar-refractivity contribution >= 4 is 34.1 Å². The zero-order valence-corrected chi connectivity index (χ0v) is 16.8. The first-order valence-electron chi connectivity index (χ1n) is 8.74. The molecule has 4 rings (SSSR count). The van der Waals surface area contributed by atoms with Crippen LogP contribution in [0.3, 0.4) is 0 Å². The third-order valence-corrected chi connectivity index (χ3v) is 5.77. The Morgan fingerprint density at radius 1 is 1.21 bits per heavy atom. The summed E-state index contributed by atoms with van der Waals surface area (Å²) in [6.07, 6.45) is 6.39. The number of thioether (sulfide) groups is 1. The molecule has 1 aromatic carbocycles. The normalized spacial score (nSPS) is 10.9. The molecule has 3 heterocycles. The minimum Gasteiger partial charge on any atom is -0.301 e. The lowest BCUT2D eigenvalue weighted by molar-refractivity contribution is -0.113.